The summed E-state index contributed by atoms with van der Waals surface area (Å²) in [4.78, 5) is 47.6. The van der Waals surface area contributed by atoms with Crippen molar-refractivity contribution >= 4 is 23.8 Å². The maximum absolute atomic E-state index is 12.8. The first kappa shape index (κ1) is 51.8. The third-order valence-electron chi connectivity index (χ3n) is 10.6. The average molecular weight is 767 g/mol. The highest BCUT2D eigenvalue weighted by Crippen LogP contribution is 2.19. The fourth-order valence-electron chi connectivity index (χ4n) is 7.07. The number of aliphatic hydroxyl groups is 1. The lowest BCUT2D eigenvalue weighted by atomic mass is 10.0. The van der Waals surface area contributed by atoms with Gasteiger partial charge in [-0.05, 0) is 38.5 Å². The molecular formula is C45H86N2O7. The molecule has 0 aliphatic rings. The Morgan fingerprint density at radius 3 is 1.20 bits per heavy atom. The van der Waals surface area contributed by atoms with Crippen molar-refractivity contribution in [1.82, 2.24) is 10.6 Å². The summed E-state index contributed by atoms with van der Waals surface area (Å²) in [6, 6.07) is -1.38. The van der Waals surface area contributed by atoms with Crippen molar-refractivity contribution in [3.05, 3.63) is 0 Å². The molecule has 4 N–H and O–H groups in total. The molecule has 0 bridgehead atoms. The molecule has 2 amide bonds. The Balaban J connectivity index is 4.27. The second-order valence-corrected chi connectivity index (χ2v) is 15.9. The van der Waals surface area contributed by atoms with E-state index >= 15 is 0 Å². The molecule has 0 saturated heterocycles. The number of hydrogen-bond acceptors (Lipinski definition) is 6. The molecule has 54 heavy (non-hydrogen) atoms. The number of carboxylic acid groups (broad SMARTS) is 1. The Hall–Kier alpha value is -2.16. The second kappa shape index (κ2) is 40.5. The predicted octanol–water partition coefficient (Wildman–Crippen LogP) is 11.3. The van der Waals surface area contributed by atoms with E-state index in [0.717, 1.165) is 57.8 Å². The Bertz CT molecular complexity index is 884. The molecule has 2 atom stereocenters. The van der Waals surface area contributed by atoms with E-state index in [9.17, 15) is 19.2 Å². The number of rotatable bonds is 42. The van der Waals surface area contributed by atoms with Crippen molar-refractivity contribution in [3.8, 4) is 0 Å². The van der Waals surface area contributed by atoms with E-state index in [1.54, 1.807) is 0 Å². The lowest BCUT2D eigenvalue weighted by Gasteiger charge is -2.18. The van der Waals surface area contributed by atoms with Gasteiger partial charge in [0.25, 0.3) is 0 Å². The van der Waals surface area contributed by atoms with Crippen molar-refractivity contribution < 1.29 is 34.1 Å². The SMILES string of the molecule is CCCCCCCCCCCCCCCCCC(CCCCCCCC(=O)NCC(=O)NC(CO)C(=O)O)OC(=O)CCCCCCCCCCCCC. The van der Waals surface area contributed by atoms with Crippen LogP contribution in [-0.2, 0) is 23.9 Å². The molecule has 0 aromatic carbocycles. The van der Waals surface area contributed by atoms with Crippen LogP contribution in [0.5, 0.6) is 0 Å². The van der Waals surface area contributed by atoms with Crippen LogP contribution in [0.15, 0.2) is 0 Å². The fourth-order valence-corrected chi connectivity index (χ4v) is 7.07. The Morgan fingerprint density at radius 2 is 0.833 bits per heavy atom. The minimum Gasteiger partial charge on any atom is -0.480 e. The van der Waals surface area contributed by atoms with E-state index in [1.807, 2.05) is 0 Å². The Morgan fingerprint density at radius 1 is 0.481 bits per heavy atom. The number of amides is 2. The molecule has 0 radical (unpaired) electrons. The first-order valence-electron chi connectivity index (χ1n) is 22.9. The predicted molar refractivity (Wildman–Crippen MR) is 222 cm³/mol. The summed E-state index contributed by atoms with van der Waals surface area (Å²) in [6.07, 6.45) is 41.3. The number of carbonyl (C=O) groups excluding carboxylic acids is 3. The zero-order chi connectivity index (χ0) is 39.7. The van der Waals surface area contributed by atoms with Crippen LogP contribution in [0, 0.1) is 0 Å². The van der Waals surface area contributed by atoms with Gasteiger partial charge in [0.2, 0.25) is 11.8 Å². The minimum absolute atomic E-state index is 0.00402. The summed E-state index contributed by atoms with van der Waals surface area (Å²) in [5, 5.41) is 22.6. The van der Waals surface area contributed by atoms with E-state index in [-0.39, 0.29) is 24.5 Å². The number of aliphatic carboxylic acids is 1. The minimum atomic E-state index is -1.38. The van der Waals surface area contributed by atoms with Crippen LogP contribution in [0.25, 0.3) is 0 Å². The lowest BCUT2D eigenvalue weighted by Crippen LogP contribution is -2.47. The number of hydrogen-bond donors (Lipinski definition) is 4. The second-order valence-electron chi connectivity index (χ2n) is 15.9. The van der Waals surface area contributed by atoms with Gasteiger partial charge in [-0.2, -0.15) is 0 Å². The molecule has 0 rings (SSSR count). The molecule has 0 aromatic rings. The molecule has 0 aromatic heterocycles. The molecule has 0 heterocycles. The highest BCUT2D eigenvalue weighted by Gasteiger charge is 2.19. The summed E-state index contributed by atoms with van der Waals surface area (Å²) in [5.41, 5.74) is 0. The molecular weight excluding hydrogens is 681 g/mol. The zero-order valence-electron chi connectivity index (χ0n) is 35.3. The van der Waals surface area contributed by atoms with E-state index in [2.05, 4.69) is 24.5 Å². The standard InChI is InChI=1S/C45H86N2O7/c1-3-5-7-9-11-13-15-16-17-18-20-21-23-26-30-34-40(54-44(51)37-33-29-24-22-19-14-12-10-8-6-4-2)35-31-27-25-28-32-36-42(49)46-38-43(50)47-41(39-48)45(52)53/h40-41,48H,3-39H2,1-2H3,(H,46,49)(H,47,50)(H,52,53). The Labute approximate surface area is 331 Å². The van der Waals surface area contributed by atoms with Gasteiger partial charge in [0.15, 0.2) is 0 Å². The third-order valence-corrected chi connectivity index (χ3v) is 10.6. The van der Waals surface area contributed by atoms with E-state index < -0.39 is 24.5 Å². The number of ether oxygens (including phenoxy) is 1. The maximum Gasteiger partial charge on any atom is 0.328 e. The smallest absolute Gasteiger partial charge is 0.328 e. The van der Waals surface area contributed by atoms with Gasteiger partial charge in [-0.25, -0.2) is 4.79 Å². The van der Waals surface area contributed by atoms with E-state index in [4.69, 9.17) is 14.9 Å². The van der Waals surface area contributed by atoms with Gasteiger partial charge < -0.3 is 25.6 Å². The van der Waals surface area contributed by atoms with Crippen molar-refractivity contribution in [2.45, 2.75) is 251 Å². The highest BCUT2D eigenvalue weighted by atomic mass is 16.5. The summed E-state index contributed by atoms with van der Waals surface area (Å²) in [5.74, 6) is -2.27. The molecule has 0 aliphatic carbocycles. The van der Waals surface area contributed by atoms with Crippen LogP contribution in [0.2, 0.25) is 0 Å². The third kappa shape index (κ3) is 36.8. The van der Waals surface area contributed by atoms with E-state index in [0.29, 0.717) is 19.3 Å². The van der Waals surface area contributed by atoms with Gasteiger partial charge in [-0.1, -0.05) is 187 Å². The maximum atomic E-state index is 12.8. The first-order valence-corrected chi connectivity index (χ1v) is 22.9. The van der Waals surface area contributed by atoms with Crippen LogP contribution in [0.3, 0.4) is 0 Å². The number of carbonyl (C=O) groups is 4. The number of esters is 1. The molecule has 9 nitrogen and oxygen atoms in total. The molecule has 318 valence electrons. The molecule has 0 aliphatic heterocycles. The number of unbranched alkanes of at least 4 members (excludes halogenated alkanes) is 28. The van der Waals surface area contributed by atoms with Crippen LogP contribution in [-0.4, -0.2) is 59.3 Å². The van der Waals surface area contributed by atoms with Crippen LogP contribution in [0.1, 0.15) is 239 Å². The van der Waals surface area contributed by atoms with Crippen LogP contribution in [0.4, 0.5) is 0 Å². The van der Waals surface area contributed by atoms with Gasteiger partial charge in [0.1, 0.15) is 12.1 Å². The van der Waals surface area contributed by atoms with Crippen molar-refractivity contribution in [2.24, 2.45) is 0 Å². The molecule has 0 fully saturated rings. The van der Waals surface area contributed by atoms with Gasteiger partial charge in [-0.3, -0.25) is 14.4 Å². The van der Waals surface area contributed by atoms with Crippen molar-refractivity contribution in [1.29, 1.82) is 0 Å². The van der Waals surface area contributed by atoms with Gasteiger partial charge in [0, 0.05) is 12.8 Å². The molecule has 9 heteroatoms. The van der Waals surface area contributed by atoms with Gasteiger partial charge >= 0.3 is 11.9 Å². The zero-order valence-corrected chi connectivity index (χ0v) is 35.3. The molecule has 2 unspecified atom stereocenters. The largest absolute Gasteiger partial charge is 0.480 e. The van der Waals surface area contributed by atoms with Crippen molar-refractivity contribution in [2.75, 3.05) is 13.2 Å². The summed E-state index contributed by atoms with van der Waals surface area (Å²) in [6.45, 7) is 3.50. The van der Waals surface area contributed by atoms with Crippen LogP contribution < -0.4 is 10.6 Å². The topological polar surface area (TPSA) is 142 Å². The normalized spacial score (nSPS) is 12.4. The highest BCUT2D eigenvalue weighted by molar-refractivity contribution is 5.87. The number of aliphatic hydroxyl groups excluding tert-OH is 1. The average Bonchev–Trinajstić information content (AvgIpc) is 3.15. The molecule has 0 spiro atoms. The Kier molecular flexibility index (Phi) is 38.9. The summed E-state index contributed by atoms with van der Waals surface area (Å²) >= 11 is 0. The fraction of sp³-hybridized carbons (Fsp3) is 0.911. The summed E-state index contributed by atoms with van der Waals surface area (Å²) in [7, 11) is 0. The lowest BCUT2D eigenvalue weighted by molar-refractivity contribution is -0.150. The van der Waals surface area contributed by atoms with Crippen LogP contribution >= 0.6 is 0 Å². The summed E-state index contributed by atoms with van der Waals surface area (Å²) < 4.78 is 6.04. The van der Waals surface area contributed by atoms with Crippen molar-refractivity contribution in [3.63, 3.8) is 0 Å². The molecule has 0 saturated carbocycles. The monoisotopic (exact) mass is 767 g/mol. The number of carboxylic acids is 1. The van der Waals surface area contributed by atoms with Gasteiger partial charge in [-0.15, -0.1) is 0 Å². The van der Waals surface area contributed by atoms with E-state index in [1.165, 1.54) is 148 Å². The number of nitrogens with one attached hydrogen (secondary N) is 2. The van der Waals surface area contributed by atoms with Gasteiger partial charge in [0.05, 0.1) is 13.2 Å². The first-order chi connectivity index (χ1) is 26.3. The quantitative estimate of drug-likeness (QED) is 0.0358.